The maximum atomic E-state index is 13.1. The Morgan fingerprint density at radius 2 is 1.84 bits per heavy atom. The molecule has 1 aliphatic carbocycles. The second-order valence-electron chi connectivity index (χ2n) is 7.72. The monoisotopic (exact) mass is 438 g/mol. The largest absolute Gasteiger partial charge is 0.339 e. The van der Waals surface area contributed by atoms with Crippen LogP contribution in [0.2, 0.25) is 0 Å². The molecule has 4 rings (SSSR count). The summed E-state index contributed by atoms with van der Waals surface area (Å²) in [6.45, 7) is -0.371. The normalized spacial score (nSPS) is 19.4. The van der Waals surface area contributed by atoms with E-state index in [2.05, 4.69) is 10.6 Å². The molecule has 0 aromatic heterocycles. The highest BCUT2D eigenvalue weighted by Gasteiger charge is 2.55. The van der Waals surface area contributed by atoms with Crippen LogP contribution in [-0.2, 0) is 21.5 Å². The van der Waals surface area contributed by atoms with Gasteiger partial charge in [0, 0.05) is 24.7 Å². The molecular formula is C22H22N4O4S. The molecule has 0 saturated carbocycles. The van der Waals surface area contributed by atoms with E-state index in [1.807, 2.05) is 24.3 Å². The SMILES string of the molecule is CN(C)C(=O)Sc1ccc(NC(=O)CN2C(=O)NC3(CCc4ccccc43)C2=O)cc1. The summed E-state index contributed by atoms with van der Waals surface area (Å²) in [7, 11) is 3.35. The van der Waals surface area contributed by atoms with Gasteiger partial charge >= 0.3 is 6.03 Å². The number of nitrogens with one attached hydrogen (secondary N) is 2. The van der Waals surface area contributed by atoms with Crippen LogP contribution >= 0.6 is 11.8 Å². The molecule has 5 amide bonds. The molecule has 0 radical (unpaired) electrons. The van der Waals surface area contributed by atoms with Gasteiger partial charge in [0.15, 0.2) is 0 Å². The van der Waals surface area contributed by atoms with Crippen molar-refractivity contribution in [1.29, 1.82) is 0 Å². The molecule has 9 heteroatoms. The first-order valence-electron chi connectivity index (χ1n) is 9.82. The molecule has 2 aliphatic rings. The fourth-order valence-corrected chi connectivity index (χ4v) is 4.53. The molecule has 2 aromatic carbocycles. The maximum absolute atomic E-state index is 13.1. The van der Waals surface area contributed by atoms with E-state index in [9.17, 15) is 19.2 Å². The second-order valence-corrected chi connectivity index (χ2v) is 8.74. The zero-order chi connectivity index (χ0) is 22.2. The molecule has 1 saturated heterocycles. The van der Waals surface area contributed by atoms with Crippen molar-refractivity contribution in [2.24, 2.45) is 0 Å². The summed E-state index contributed by atoms with van der Waals surface area (Å²) < 4.78 is 0. The smallest absolute Gasteiger partial charge is 0.325 e. The van der Waals surface area contributed by atoms with E-state index in [1.165, 1.54) is 4.90 Å². The first-order valence-corrected chi connectivity index (χ1v) is 10.6. The summed E-state index contributed by atoms with van der Waals surface area (Å²) in [6, 6.07) is 13.8. The van der Waals surface area contributed by atoms with Crippen LogP contribution in [0, 0.1) is 0 Å². The molecule has 1 spiro atoms. The van der Waals surface area contributed by atoms with Crippen molar-refractivity contribution in [2.75, 3.05) is 26.0 Å². The van der Waals surface area contributed by atoms with Crippen LogP contribution in [0.15, 0.2) is 53.4 Å². The number of imide groups is 1. The Hall–Kier alpha value is -3.33. The van der Waals surface area contributed by atoms with Crippen LogP contribution in [0.25, 0.3) is 0 Å². The van der Waals surface area contributed by atoms with E-state index in [-0.39, 0.29) is 11.8 Å². The molecule has 1 heterocycles. The predicted molar refractivity (Wildman–Crippen MR) is 117 cm³/mol. The number of thioether (sulfide) groups is 1. The number of fused-ring (bicyclic) bond motifs is 2. The standard InChI is InChI=1S/C22H22N4O4S/c1-25(2)21(30)31-16-9-7-15(8-10-16)23-18(27)13-26-19(28)22(24-20(26)29)12-11-14-5-3-4-6-17(14)22/h3-10H,11-13H2,1-2H3,(H,23,27)(H,24,29). The number of rotatable bonds is 4. The first-order chi connectivity index (χ1) is 14.8. The van der Waals surface area contributed by atoms with Gasteiger partial charge in [-0.1, -0.05) is 24.3 Å². The van der Waals surface area contributed by atoms with E-state index in [0.29, 0.717) is 18.5 Å². The zero-order valence-corrected chi connectivity index (χ0v) is 18.0. The Labute approximate surface area is 184 Å². The zero-order valence-electron chi connectivity index (χ0n) is 17.2. The number of nitrogens with zero attached hydrogens (tertiary/aromatic N) is 2. The molecule has 160 valence electrons. The van der Waals surface area contributed by atoms with Gasteiger partial charge in [-0.15, -0.1) is 0 Å². The maximum Gasteiger partial charge on any atom is 0.325 e. The van der Waals surface area contributed by atoms with Gasteiger partial charge in [-0.2, -0.15) is 0 Å². The van der Waals surface area contributed by atoms with Crippen LogP contribution in [0.5, 0.6) is 0 Å². The molecule has 1 fully saturated rings. The van der Waals surface area contributed by atoms with Gasteiger partial charge in [-0.25, -0.2) is 4.79 Å². The number of urea groups is 1. The number of hydrogen-bond donors (Lipinski definition) is 2. The van der Waals surface area contributed by atoms with Gasteiger partial charge in [0.1, 0.15) is 12.1 Å². The van der Waals surface area contributed by atoms with Gasteiger partial charge in [-0.05, 0) is 60.0 Å². The minimum Gasteiger partial charge on any atom is -0.339 e. The molecule has 8 nitrogen and oxygen atoms in total. The number of carbonyl (C=O) groups is 4. The average molecular weight is 439 g/mol. The van der Waals surface area contributed by atoms with Crippen molar-refractivity contribution in [3.05, 3.63) is 59.7 Å². The molecular weight excluding hydrogens is 416 g/mol. The van der Waals surface area contributed by atoms with Gasteiger partial charge in [0.25, 0.3) is 11.1 Å². The number of amides is 5. The van der Waals surface area contributed by atoms with E-state index in [1.54, 1.807) is 38.4 Å². The Kier molecular flexibility index (Phi) is 5.45. The van der Waals surface area contributed by atoms with Crippen molar-refractivity contribution < 1.29 is 19.2 Å². The van der Waals surface area contributed by atoms with E-state index in [0.717, 1.165) is 32.7 Å². The fourth-order valence-electron chi connectivity index (χ4n) is 3.88. The summed E-state index contributed by atoms with van der Waals surface area (Å²) in [5.41, 5.74) is 1.27. The lowest BCUT2D eigenvalue weighted by atomic mass is 9.92. The second kappa shape index (κ2) is 8.07. The highest BCUT2D eigenvalue weighted by atomic mass is 32.2. The van der Waals surface area contributed by atoms with Crippen LogP contribution in [0.4, 0.5) is 15.3 Å². The van der Waals surface area contributed by atoms with Crippen molar-refractivity contribution in [2.45, 2.75) is 23.3 Å². The quantitative estimate of drug-likeness (QED) is 0.565. The molecule has 0 bridgehead atoms. The number of aryl methyl sites for hydroxylation is 1. The Bertz CT molecular complexity index is 1070. The molecule has 31 heavy (non-hydrogen) atoms. The summed E-state index contributed by atoms with van der Waals surface area (Å²) in [6.07, 6.45) is 1.18. The summed E-state index contributed by atoms with van der Waals surface area (Å²) in [4.78, 5) is 53.1. The Morgan fingerprint density at radius 3 is 2.55 bits per heavy atom. The summed E-state index contributed by atoms with van der Waals surface area (Å²) >= 11 is 1.08. The summed E-state index contributed by atoms with van der Waals surface area (Å²) in [5.74, 6) is -0.872. The third kappa shape index (κ3) is 3.88. The topological polar surface area (TPSA) is 98.8 Å². The first kappa shape index (κ1) is 20.9. The predicted octanol–water partition coefficient (Wildman–Crippen LogP) is 2.79. The number of benzene rings is 2. The molecule has 1 aliphatic heterocycles. The van der Waals surface area contributed by atoms with Crippen molar-refractivity contribution >= 4 is 40.5 Å². The average Bonchev–Trinajstić information content (AvgIpc) is 3.23. The number of anilines is 1. The van der Waals surface area contributed by atoms with E-state index < -0.39 is 23.4 Å². The van der Waals surface area contributed by atoms with Gasteiger partial charge in [0.05, 0.1) is 0 Å². The lowest BCUT2D eigenvalue weighted by molar-refractivity contribution is -0.134. The van der Waals surface area contributed by atoms with Gasteiger partial charge < -0.3 is 15.5 Å². The Balaban J connectivity index is 1.41. The van der Waals surface area contributed by atoms with E-state index in [4.69, 9.17) is 0 Å². The molecule has 1 unspecified atom stereocenters. The Morgan fingerprint density at radius 1 is 1.13 bits per heavy atom. The molecule has 1 atom stereocenters. The van der Waals surface area contributed by atoms with Crippen molar-refractivity contribution in [1.82, 2.24) is 15.1 Å². The minimum absolute atomic E-state index is 0.0993. The minimum atomic E-state index is -1.08. The molecule has 2 aromatic rings. The third-order valence-corrected chi connectivity index (χ3v) is 6.48. The van der Waals surface area contributed by atoms with Crippen LogP contribution in [0.1, 0.15) is 17.5 Å². The summed E-state index contributed by atoms with van der Waals surface area (Å²) in [5, 5.41) is 5.40. The highest BCUT2D eigenvalue weighted by molar-refractivity contribution is 8.13. The lowest BCUT2D eigenvalue weighted by Crippen LogP contribution is -2.42. The van der Waals surface area contributed by atoms with Crippen LogP contribution in [-0.4, -0.2) is 53.5 Å². The third-order valence-electron chi connectivity index (χ3n) is 5.43. The van der Waals surface area contributed by atoms with Crippen molar-refractivity contribution in [3.8, 4) is 0 Å². The van der Waals surface area contributed by atoms with Gasteiger partial charge in [-0.3, -0.25) is 19.3 Å². The molecule has 2 N–H and O–H groups in total. The number of carbonyl (C=O) groups excluding carboxylic acids is 4. The van der Waals surface area contributed by atoms with Crippen LogP contribution in [0.3, 0.4) is 0 Å². The lowest BCUT2D eigenvalue weighted by Gasteiger charge is -2.22. The fraction of sp³-hybridized carbons (Fsp3) is 0.273. The number of hydrogen-bond acceptors (Lipinski definition) is 5. The van der Waals surface area contributed by atoms with Crippen LogP contribution < -0.4 is 10.6 Å². The highest BCUT2D eigenvalue weighted by Crippen LogP contribution is 2.41. The van der Waals surface area contributed by atoms with Gasteiger partial charge in [0.2, 0.25) is 5.91 Å². The van der Waals surface area contributed by atoms with E-state index >= 15 is 0 Å². The van der Waals surface area contributed by atoms with Crippen molar-refractivity contribution in [3.63, 3.8) is 0 Å².